The maximum Gasteiger partial charge on any atom is 0.225 e. The fraction of sp³-hybridized carbons (Fsp3) is 0.611. The molecule has 0 unspecified atom stereocenters. The lowest BCUT2D eigenvalue weighted by molar-refractivity contribution is -0.137. The Morgan fingerprint density at radius 1 is 1.13 bits per heavy atom. The molecule has 0 spiro atoms. The van der Waals surface area contributed by atoms with Crippen LogP contribution in [0.4, 0.5) is 10.1 Å². The van der Waals surface area contributed by atoms with Crippen molar-refractivity contribution in [3.8, 4) is 0 Å². The van der Waals surface area contributed by atoms with Gasteiger partial charge in [0.15, 0.2) is 5.82 Å². The van der Waals surface area contributed by atoms with Crippen molar-refractivity contribution in [1.82, 2.24) is 4.90 Å². The summed E-state index contributed by atoms with van der Waals surface area (Å²) in [7, 11) is 0. The Morgan fingerprint density at radius 3 is 2.48 bits per heavy atom. The molecular weight excluding hydrogens is 295 g/mol. The van der Waals surface area contributed by atoms with Gasteiger partial charge in [0, 0.05) is 37.7 Å². The molecule has 2 aliphatic heterocycles. The molecule has 2 heterocycles. The smallest absolute Gasteiger partial charge is 0.225 e. The zero-order chi connectivity index (χ0) is 16.2. The van der Waals surface area contributed by atoms with Crippen molar-refractivity contribution >= 4 is 11.6 Å². The Bertz CT molecular complexity index is 550. The number of likely N-dealkylation sites (tertiary alicyclic amines) is 1. The van der Waals surface area contributed by atoms with Gasteiger partial charge in [-0.25, -0.2) is 4.39 Å². The fourth-order valence-corrected chi connectivity index (χ4v) is 3.67. The first-order chi connectivity index (χ1) is 11.2. The zero-order valence-corrected chi connectivity index (χ0v) is 13.5. The van der Waals surface area contributed by atoms with Crippen molar-refractivity contribution in [2.24, 2.45) is 5.92 Å². The van der Waals surface area contributed by atoms with Gasteiger partial charge in [0.05, 0.1) is 12.3 Å². The van der Waals surface area contributed by atoms with Gasteiger partial charge in [-0.05, 0) is 38.2 Å². The molecule has 2 fully saturated rings. The first kappa shape index (κ1) is 16.2. The molecule has 0 atom stereocenters. The molecular formula is C18H25FN2O2. The lowest BCUT2D eigenvalue weighted by atomic mass is 9.94. The fourth-order valence-electron chi connectivity index (χ4n) is 3.67. The molecule has 1 aromatic rings. The van der Waals surface area contributed by atoms with Crippen molar-refractivity contribution in [2.45, 2.75) is 38.7 Å². The minimum atomic E-state index is -0.337. The van der Waals surface area contributed by atoms with Gasteiger partial charge in [-0.1, -0.05) is 12.1 Å². The van der Waals surface area contributed by atoms with E-state index in [-0.39, 0.29) is 24.2 Å². The van der Waals surface area contributed by atoms with Crippen molar-refractivity contribution in [2.75, 3.05) is 31.1 Å². The summed E-state index contributed by atoms with van der Waals surface area (Å²) in [5, 5.41) is 9.19. The van der Waals surface area contributed by atoms with Crippen molar-refractivity contribution in [1.29, 1.82) is 0 Å². The number of carbonyl (C=O) groups excluding carboxylic acids is 1. The highest BCUT2D eigenvalue weighted by molar-refractivity contribution is 5.79. The molecule has 126 valence electrons. The highest BCUT2D eigenvalue weighted by atomic mass is 19.1. The zero-order valence-electron chi connectivity index (χ0n) is 13.5. The number of nitrogens with zero attached hydrogens (tertiary/aromatic N) is 2. The third kappa shape index (κ3) is 3.50. The molecule has 1 N–H and O–H groups in total. The molecule has 5 heteroatoms. The molecule has 0 bridgehead atoms. The van der Waals surface area contributed by atoms with Crippen LogP contribution in [0.1, 0.15) is 37.7 Å². The molecule has 2 aliphatic rings. The maximum atomic E-state index is 14.3. The van der Waals surface area contributed by atoms with Crippen LogP contribution in [-0.4, -0.2) is 42.1 Å². The molecule has 0 saturated carbocycles. The minimum Gasteiger partial charge on any atom is -0.392 e. The van der Waals surface area contributed by atoms with Gasteiger partial charge in [0.1, 0.15) is 0 Å². The van der Waals surface area contributed by atoms with Crippen LogP contribution in [0, 0.1) is 11.7 Å². The summed E-state index contributed by atoms with van der Waals surface area (Å²) in [4.78, 5) is 16.6. The molecule has 23 heavy (non-hydrogen) atoms. The summed E-state index contributed by atoms with van der Waals surface area (Å²) in [6, 6.07) is 5.13. The molecule has 2 saturated heterocycles. The van der Waals surface area contributed by atoms with Gasteiger partial charge in [-0.2, -0.15) is 0 Å². The maximum absolute atomic E-state index is 14.3. The van der Waals surface area contributed by atoms with Crippen LogP contribution in [0.2, 0.25) is 0 Å². The van der Waals surface area contributed by atoms with Gasteiger partial charge in [0.2, 0.25) is 5.91 Å². The first-order valence-corrected chi connectivity index (χ1v) is 8.62. The predicted octanol–water partition coefficient (Wildman–Crippen LogP) is 2.55. The van der Waals surface area contributed by atoms with E-state index >= 15 is 0 Å². The molecule has 3 rings (SSSR count). The number of amides is 1. The molecule has 1 amide bonds. The predicted molar refractivity (Wildman–Crippen MR) is 87.7 cm³/mol. The second kappa shape index (κ2) is 7.30. The van der Waals surface area contributed by atoms with Crippen molar-refractivity contribution < 1.29 is 14.3 Å². The number of hydrogen-bond acceptors (Lipinski definition) is 3. The molecule has 0 aromatic heterocycles. The Labute approximate surface area is 136 Å². The molecule has 1 aromatic carbocycles. The third-order valence-electron chi connectivity index (χ3n) is 5.08. The SMILES string of the molecule is O=C(C1CCN(c2cccc(CO)c2F)CC1)N1CCCCC1. The van der Waals surface area contributed by atoms with Crippen LogP contribution in [0.3, 0.4) is 0 Å². The van der Waals surface area contributed by atoms with E-state index in [1.807, 2.05) is 9.80 Å². The lowest BCUT2D eigenvalue weighted by Gasteiger charge is -2.36. The summed E-state index contributed by atoms with van der Waals surface area (Å²) < 4.78 is 14.3. The average Bonchev–Trinajstić information content (AvgIpc) is 2.62. The highest BCUT2D eigenvalue weighted by Gasteiger charge is 2.30. The molecule has 0 aliphatic carbocycles. The van der Waals surface area contributed by atoms with Crippen LogP contribution in [0.5, 0.6) is 0 Å². The lowest BCUT2D eigenvalue weighted by Crippen LogP contribution is -2.44. The number of anilines is 1. The van der Waals surface area contributed by atoms with Crippen LogP contribution in [-0.2, 0) is 11.4 Å². The molecule has 0 radical (unpaired) electrons. The number of aliphatic hydroxyl groups is 1. The van der Waals surface area contributed by atoms with Gasteiger partial charge >= 0.3 is 0 Å². The normalized spacial score (nSPS) is 19.9. The summed E-state index contributed by atoms with van der Waals surface area (Å²) in [6.07, 6.45) is 5.01. The first-order valence-electron chi connectivity index (χ1n) is 8.62. The van der Waals surface area contributed by atoms with Crippen molar-refractivity contribution in [3.63, 3.8) is 0 Å². The summed E-state index contributed by atoms with van der Waals surface area (Å²) in [5.74, 6) is 0.0261. The monoisotopic (exact) mass is 320 g/mol. The third-order valence-corrected chi connectivity index (χ3v) is 5.08. The second-order valence-electron chi connectivity index (χ2n) is 6.56. The van der Waals surface area contributed by atoms with E-state index in [1.165, 1.54) is 6.42 Å². The Kier molecular flexibility index (Phi) is 5.16. The largest absolute Gasteiger partial charge is 0.392 e. The number of benzene rings is 1. The van der Waals surface area contributed by atoms with E-state index in [2.05, 4.69) is 0 Å². The van der Waals surface area contributed by atoms with Crippen molar-refractivity contribution in [3.05, 3.63) is 29.6 Å². The highest BCUT2D eigenvalue weighted by Crippen LogP contribution is 2.28. The Morgan fingerprint density at radius 2 is 1.83 bits per heavy atom. The summed E-state index contributed by atoms with van der Waals surface area (Å²) in [6.45, 7) is 2.88. The van der Waals surface area contributed by atoms with E-state index in [0.29, 0.717) is 24.3 Å². The van der Waals surface area contributed by atoms with Crippen LogP contribution in [0.25, 0.3) is 0 Å². The Balaban J connectivity index is 1.61. The van der Waals surface area contributed by atoms with E-state index in [9.17, 15) is 14.3 Å². The number of halogens is 1. The van der Waals surface area contributed by atoms with E-state index in [1.54, 1.807) is 18.2 Å². The second-order valence-corrected chi connectivity index (χ2v) is 6.56. The van der Waals surface area contributed by atoms with Gasteiger partial charge < -0.3 is 14.9 Å². The number of aliphatic hydroxyl groups excluding tert-OH is 1. The van der Waals surface area contributed by atoms with E-state index in [4.69, 9.17) is 0 Å². The quantitative estimate of drug-likeness (QED) is 0.931. The van der Waals surface area contributed by atoms with E-state index in [0.717, 1.165) is 38.8 Å². The number of carbonyl (C=O) groups is 1. The van der Waals surface area contributed by atoms with Gasteiger partial charge in [-0.3, -0.25) is 4.79 Å². The topological polar surface area (TPSA) is 43.8 Å². The van der Waals surface area contributed by atoms with Gasteiger partial charge in [-0.15, -0.1) is 0 Å². The summed E-state index contributed by atoms with van der Waals surface area (Å²) >= 11 is 0. The average molecular weight is 320 g/mol. The standard InChI is InChI=1S/C18H25FN2O2/c19-17-15(13-22)5-4-6-16(17)20-11-7-14(8-12-20)18(23)21-9-2-1-3-10-21/h4-6,14,22H,1-3,7-13H2. The Hall–Kier alpha value is -1.62. The van der Waals surface area contributed by atoms with Gasteiger partial charge in [0.25, 0.3) is 0 Å². The minimum absolute atomic E-state index is 0.0773. The van der Waals surface area contributed by atoms with E-state index < -0.39 is 0 Å². The molecule has 4 nitrogen and oxygen atoms in total. The van der Waals surface area contributed by atoms with Crippen LogP contribution in [0.15, 0.2) is 18.2 Å². The number of hydrogen-bond donors (Lipinski definition) is 1. The number of rotatable bonds is 3. The summed E-state index contributed by atoms with van der Waals surface area (Å²) in [5.41, 5.74) is 0.870. The number of piperidine rings is 2. The van der Waals surface area contributed by atoms with Crippen LogP contribution >= 0.6 is 0 Å². The van der Waals surface area contributed by atoms with Crippen LogP contribution < -0.4 is 4.90 Å².